The van der Waals surface area contributed by atoms with E-state index in [2.05, 4.69) is 0 Å². The lowest BCUT2D eigenvalue weighted by molar-refractivity contribution is 0.0460. The molecule has 4 saturated carbocycles. The second-order valence-electron chi connectivity index (χ2n) is 24.2. The molecule has 420 valence electrons. The molecule has 0 unspecified atom stereocenters. The Labute approximate surface area is 484 Å². The van der Waals surface area contributed by atoms with Crippen LogP contribution in [0.3, 0.4) is 0 Å². The average molecular weight is 1120 g/mol. The van der Waals surface area contributed by atoms with E-state index in [-0.39, 0.29) is 44.5 Å². The molecule has 0 saturated heterocycles. The molecule has 4 fully saturated rings. The van der Waals surface area contributed by atoms with Crippen LogP contribution in [0.15, 0.2) is 117 Å². The normalized spacial score (nSPS) is 26.7. The molecule has 15 aliphatic heterocycles. The van der Waals surface area contributed by atoms with Gasteiger partial charge in [-0.15, -0.1) is 0 Å². The van der Waals surface area contributed by atoms with Gasteiger partial charge in [-0.05, 0) is 134 Å². The summed E-state index contributed by atoms with van der Waals surface area (Å²) in [6.07, 6.45) is 18.6. The third-order valence-corrected chi connectivity index (χ3v) is 19.5. The third-order valence-electron chi connectivity index (χ3n) is 19.5. The fourth-order valence-corrected chi connectivity index (χ4v) is 15.5. The summed E-state index contributed by atoms with van der Waals surface area (Å²) in [5, 5.41) is 1.33. The molecule has 0 aromatic heterocycles. The van der Waals surface area contributed by atoms with Gasteiger partial charge in [-0.25, -0.2) is 0 Å². The Hall–Kier alpha value is -8.92. The molecule has 16 heteroatoms. The molecule has 0 spiro atoms. The third kappa shape index (κ3) is 8.21. The van der Waals surface area contributed by atoms with Crippen LogP contribution in [0.25, 0.3) is 21.5 Å². The molecule has 15 heterocycles. The number of hydrogen-bond acceptors (Lipinski definition) is 12. The molecule has 4 aliphatic carbocycles. The van der Waals surface area contributed by atoms with Gasteiger partial charge in [0.25, 0.3) is 47.3 Å². The van der Waals surface area contributed by atoms with Crippen molar-refractivity contribution in [2.45, 2.75) is 151 Å². The lowest BCUT2D eigenvalue weighted by Gasteiger charge is -2.41. The fraction of sp³-hybridized carbons (Fsp3) is 0.353. The van der Waals surface area contributed by atoms with Crippen LogP contribution in [0.1, 0.15) is 208 Å². The molecule has 8 amide bonds. The summed E-state index contributed by atoms with van der Waals surface area (Å²) in [7, 11) is 0. The highest BCUT2D eigenvalue weighted by Crippen LogP contribution is 2.44. The van der Waals surface area contributed by atoms with Crippen molar-refractivity contribution in [3.8, 4) is 0 Å². The van der Waals surface area contributed by atoms with Crippen LogP contribution in [-0.4, -0.2) is 140 Å². The minimum atomic E-state index is -0.540. The first-order chi connectivity index (χ1) is 41.0. The van der Waals surface area contributed by atoms with E-state index in [4.69, 9.17) is 20.0 Å². The van der Waals surface area contributed by atoms with Crippen LogP contribution < -0.4 is 0 Å². The SMILES string of the molecule is O=C1c2ccc3c4c5ccc(c24)C(=O)N1[C@H]1CCCC[C@@H]1N=Cc1cccc(c1)C=N[C@H]1CCCC[C@@H]1N1C(=O)c2ccc4c6c(ccc(c26)C1=O)C(=O)N(C4=O)[C@H]1CCCC[C@@H]1N=Cc1cccc(c1)C=N[C@H]1CCCC[C@@H]1N(C3=O)C5=O. The van der Waals surface area contributed by atoms with Crippen molar-refractivity contribution in [2.75, 3.05) is 0 Å². The van der Waals surface area contributed by atoms with Crippen molar-refractivity contribution in [3.63, 3.8) is 0 Å². The Balaban J connectivity index is 0.807. The second kappa shape index (κ2) is 20.5. The molecule has 0 radical (unpaired) electrons. The van der Waals surface area contributed by atoms with E-state index in [0.717, 1.165) is 73.6 Å². The molecule has 0 N–H and O–H groups in total. The Morgan fingerprint density at radius 3 is 0.655 bits per heavy atom. The van der Waals surface area contributed by atoms with E-state index in [1.165, 1.54) is 19.6 Å². The van der Waals surface area contributed by atoms with Crippen molar-refractivity contribution in [1.29, 1.82) is 0 Å². The number of imide groups is 4. The van der Waals surface area contributed by atoms with E-state index in [1.54, 1.807) is 73.4 Å². The van der Waals surface area contributed by atoms with E-state index in [1.807, 2.05) is 48.5 Å². The van der Waals surface area contributed by atoms with E-state index in [0.29, 0.717) is 72.9 Å². The lowest BCUT2D eigenvalue weighted by Crippen LogP contribution is -2.54. The molecule has 19 aliphatic rings. The molecule has 8 atom stereocenters. The summed E-state index contributed by atoms with van der Waals surface area (Å²) in [5.74, 6) is -3.77. The molecule has 20 bridgehead atoms. The van der Waals surface area contributed by atoms with Crippen LogP contribution in [0.4, 0.5) is 0 Å². The van der Waals surface area contributed by atoms with Gasteiger partial charge in [0.15, 0.2) is 0 Å². The van der Waals surface area contributed by atoms with Crippen LogP contribution in [0.2, 0.25) is 0 Å². The van der Waals surface area contributed by atoms with E-state index < -0.39 is 95.6 Å². The maximum Gasteiger partial charge on any atom is 0.261 e. The lowest BCUT2D eigenvalue weighted by atomic mass is 9.82. The number of nitrogens with zero attached hydrogens (tertiary/aromatic N) is 8. The molecule has 25 rings (SSSR count). The van der Waals surface area contributed by atoms with Gasteiger partial charge >= 0.3 is 0 Å². The van der Waals surface area contributed by atoms with Crippen molar-refractivity contribution >= 4 is 93.7 Å². The summed E-state index contributed by atoms with van der Waals surface area (Å²) in [6, 6.07) is 24.8. The minimum absolute atomic E-state index is 0.273. The van der Waals surface area contributed by atoms with Gasteiger partial charge in [-0.3, -0.25) is 77.9 Å². The van der Waals surface area contributed by atoms with E-state index in [9.17, 15) is 38.4 Å². The van der Waals surface area contributed by atoms with Gasteiger partial charge in [0, 0.05) is 90.9 Å². The summed E-state index contributed by atoms with van der Waals surface area (Å²) >= 11 is 0. The predicted octanol–water partition coefficient (Wildman–Crippen LogP) is 10.4. The molecule has 84 heavy (non-hydrogen) atoms. The number of rotatable bonds is 0. The Bertz CT molecular complexity index is 3420. The summed E-state index contributed by atoms with van der Waals surface area (Å²) in [6.45, 7) is 0. The topological polar surface area (TPSA) is 199 Å². The summed E-state index contributed by atoms with van der Waals surface area (Å²) in [5.41, 5.74) is 5.32. The first-order valence-electron chi connectivity index (χ1n) is 30.1. The van der Waals surface area contributed by atoms with Crippen LogP contribution in [-0.2, 0) is 0 Å². The van der Waals surface area contributed by atoms with Crippen molar-refractivity contribution in [2.24, 2.45) is 20.0 Å². The molecule has 16 nitrogen and oxygen atoms in total. The fourth-order valence-electron chi connectivity index (χ4n) is 15.5. The van der Waals surface area contributed by atoms with Gasteiger partial charge in [-0.2, -0.15) is 0 Å². The van der Waals surface area contributed by atoms with Gasteiger partial charge in [0.05, 0.1) is 48.3 Å². The van der Waals surface area contributed by atoms with Gasteiger partial charge in [0.1, 0.15) is 0 Å². The number of carbonyl (C=O) groups excluding carboxylic acids is 8. The van der Waals surface area contributed by atoms with Crippen molar-refractivity contribution in [1.82, 2.24) is 19.6 Å². The number of amides is 8. The number of carbonyl (C=O) groups is 8. The van der Waals surface area contributed by atoms with E-state index >= 15 is 0 Å². The largest absolute Gasteiger partial charge is 0.287 e. The minimum Gasteiger partial charge on any atom is -0.287 e. The Morgan fingerprint density at radius 2 is 0.452 bits per heavy atom. The van der Waals surface area contributed by atoms with Crippen molar-refractivity contribution in [3.05, 3.63) is 164 Å². The smallest absolute Gasteiger partial charge is 0.261 e. The predicted molar refractivity (Wildman–Crippen MR) is 317 cm³/mol. The average Bonchev–Trinajstić information content (AvgIpc) is 1.20. The van der Waals surface area contributed by atoms with Gasteiger partial charge in [0.2, 0.25) is 0 Å². The number of benzene rings is 6. The molecular formula is C68H60N8O8. The quantitative estimate of drug-likeness (QED) is 0.134. The first kappa shape index (κ1) is 51.9. The second-order valence-corrected chi connectivity index (χ2v) is 24.2. The standard InChI is InChI=1S/C68H60N8O8/c77-61-41-23-25-43-58-44-26-24-42(57(41)58)62(78)73(61)53-19-5-1-15-49(53)69-33-37-11-9-12-38(31-37)34-70-50-16-2-6-20-54(50)75-65(81)45-27-29-47-60-48(30-28-46(59(45)60)66(75)82)68(84)76(67(47)83)56-22-8-4-18-52(56)72-36-40-14-10-13-39(32-40)35-71-51-17-3-7-21-55(51)74(63(43)79)64(44)80/h9-14,23-36,49-56H,1-8,15-22H2/t49-,50-,51-,52-,53-,54-,55-,56-/m0/s1. The van der Waals surface area contributed by atoms with Crippen molar-refractivity contribution < 1.29 is 38.4 Å². The van der Waals surface area contributed by atoms with Gasteiger partial charge in [-0.1, -0.05) is 87.8 Å². The Kier molecular flexibility index (Phi) is 12.6. The highest BCUT2D eigenvalue weighted by atomic mass is 16.2. The van der Waals surface area contributed by atoms with Crippen LogP contribution in [0, 0.1) is 0 Å². The monoisotopic (exact) mass is 1120 g/mol. The summed E-state index contributed by atoms with van der Waals surface area (Å²) in [4.78, 5) is 144. The van der Waals surface area contributed by atoms with Crippen LogP contribution >= 0.6 is 0 Å². The highest BCUT2D eigenvalue weighted by molar-refractivity contribution is 6.35. The highest BCUT2D eigenvalue weighted by Gasteiger charge is 2.49. The zero-order chi connectivity index (χ0) is 57.1. The summed E-state index contributed by atoms with van der Waals surface area (Å²) < 4.78 is 0. The molecular weight excluding hydrogens is 1060 g/mol. The maximum absolute atomic E-state index is 14.8. The first-order valence-corrected chi connectivity index (χ1v) is 30.1. The molecule has 6 aromatic rings. The Morgan fingerprint density at radius 1 is 0.262 bits per heavy atom. The zero-order valence-corrected chi connectivity index (χ0v) is 46.3. The number of aliphatic imine (C=N–C) groups is 4. The zero-order valence-electron chi connectivity index (χ0n) is 46.3. The molecule has 6 aromatic carbocycles. The van der Waals surface area contributed by atoms with Crippen LogP contribution in [0.5, 0.6) is 0 Å². The van der Waals surface area contributed by atoms with Gasteiger partial charge < -0.3 is 0 Å². The maximum atomic E-state index is 14.8. The number of hydrogen-bond donors (Lipinski definition) is 0.